The summed E-state index contributed by atoms with van der Waals surface area (Å²) in [6, 6.07) is 0. The molecule has 3 rings (SSSR count). The zero-order valence-electron chi connectivity index (χ0n) is 18.4. The molecule has 2 aliphatic heterocycles. The van der Waals surface area contributed by atoms with Crippen LogP contribution in [0.1, 0.15) is 16.7 Å². The van der Waals surface area contributed by atoms with E-state index in [1.807, 2.05) is 0 Å². The number of aliphatic hydroxyl groups is 4. The van der Waals surface area contributed by atoms with E-state index in [1.54, 1.807) is 0 Å². The maximum atomic E-state index is 11.8. The highest BCUT2D eigenvalue weighted by molar-refractivity contribution is 7.46. The van der Waals surface area contributed by atoms with Crippen molar-refractivity contribution in [3.63, 3.8) is 0 Å². The molecule has 0 radical (unpaired) electrons. The normalized spacial score (nSPS) is 32.9. The van der Waals surface area contributed by atoms with Crippen LogP contribution in [0.25, 0.3) is 0 Å². The van der Waals surface area contributed by atoms with Crippen molar-refractivity contribution in [2.45, 2.75) is 49.1 Å². The maximum Gasteiger partial charge on any atom is 0.469 e. The number of nitrogens with one attached hydrogen (secondary N) is 1. The zero-order valence-corrected chi connectivity index (χ0v) is 20.2. The largest absolute Gasteiger partial charge is 0.469 e. The third-order valence-electron chi connectivity index (χ3n) is 5.21. The molecule has 0 bridgehead atoms. The van der Waals surface area contributed by atoms with Gasteiger partial charge in [0.05, 0.1) is 25.9 Å². The van der Waals surface area contributed by atoms with Crippen LogP contribution in [-0.4, -0.2) is 118 Å². The monoisotopic (exact) mass is 577 g/mol. The number of hydrogen-bond acceptors (Lipinski definition) is 13. The molecule has 22 heteroatoms. The Morgan fingerprint density at radius 3 is 2.11 bits per heavy atom. The molecule has 3 heterocycles. The van der Waals surface area contributed by atoms with Crippen LogP contribution < -0.4 is 11.1 Å². The van der Waals surface area contributed by atoms with Crippen molar-refractivity contribution in [1.29, 1.82) is 0 Å². The molecule has 20 nitrogen and oxygen atoms in total. The van der Waals surface area contributed by atoms with Crippen LogP contribution in [0, 0.1) is 0 Å². The van der Waals surface area contributed by atoms with Gasteiger partial charge >= 0.3 is 15.6 Å². The first-order valence-electron chi connectivity index (χ1n) is 10.2. The fourth-order valence-electron chi connectivity index (χ4n) is 3.48. The first kappa shape index (κ1) is 29.7. The number of nitrogens with two attached hydrogens (primary N) is 1. The summed E-state index contributed by atoms with van der Waals surface area (Å²) < 4.78 is 42.0. The lowest BCUT2D eigenvalue weighted by Crippen LogP contribution is -2.40. The molecular formula is C15H25N5O15P2. The van der Waals surface area contributed by atoms with Gasteiger partial charge in [0.25, 0.3) is 5.91 Å². The Hall–Kier alpha value is -1.87. The zero-order chi connectivity index (χ0) is 27.7. The number of aliphatic hydroxyl groups excluding tert-OH is 4. The molecular weight excluding hydrogens is 552 g/mol. The predicted molar refractivity (Wildman–Crippen MR) is 115 cm³/mol. The Labute approximate surface area is 206 Å². The highest BCUT2D eigenvalue weighted by Gasteiger charge is 2.46. The summed E-state index contributed by atoms with van der Waals surface area (Å²) >= 11 is 0. The molecule has 0 aromatic carbocycles. The van der Waals surface area contributed by atoms with Crippen LogP contribution in [-0.2, 0) is 27.7 Å². The highest BCUT2D eigenvalue weighted by atomic mass is 31.2. The molecule has 1 amide bonds. The Kier molecular flexibility index (Phi) is 9.21. The van der Waals surface area contributed by atoms with E-state index >= 15 is 0 Å². The number of nitrogens with zero attached hydrogens (tertiary/aromatic N) is 3. The van der Waals surface area contributed by atoms with Gasteiger partial charge in [0, 0.05) is 0 Å². The van der Waals surface area contributed by atoms with Crippen LogP contribution in [0.2, 0.25) is 0 Å². The van der Waals surface area contributed by atoms with Crippen molar-refractivity contribution in [1.82, 2.24) is 14.9 Å². The highest BCUT2D eigenvalue weighted by Crippen LogP contribution is 2.39. The molecule has 8 atom stereocenters. The molecule has 37 heavy (non-hydrogen) atoms. The molecule has 0 aliphatic carbocycles. The second kappa shape index (κ2) is 11.5. The van der Waals surface area contributed by atoms with E-state index in [9.17, 15) is 34.4 Å². The Balaban J connectivity index is 1.74. The molecule has 2 aliphatic rings. The number of rotatable bonds is 11. The number of phosphoric ester groups is 2. The molecule has 1 aromatic heterocycles. The molecule has 11 N–H and O–H groups in total. The van der Waals surface area contributed by atoms with Crippen LogP contribution in [0.3, 0.4) is 0 Å². The number of carbonyl (C=O) groups is 1. The van der Waals surface area contributed by atoms with E-state index in [0.29, 0.717) is 0 Å². The Bertz CT molecular complexity index is 1090. The summed E-state index contributed by atoms with van der Waals surface area (Å²) in [7, 11) is -9.77. The van der Waals surface area contributed by atoms with Crippen molar-refractivity contribution in [3.8, 4) is 0 Å². The first-order valence-corrected chi connectivity index (χ1v) is 13.2. The minimum atomic E-state index is -4.91. The van der Waals surface area contributed by atoms with Gasteiger partial charge in [0.2, 0.25) is 0 Å². The lowest BCUT2D eigenvalue weighted by molar-refractivity contribution is -0.0512. The first-order chi connectivity index (χ1) is 17.1. The number of aromatic nitrogens is 2. The lowest BCUT2D eigenvalue weighted by Gasteiger charge is -2.18. The average Bonchev–Trinajstić information content (AvgIpc) is 3.41. The minimum absolute atomic E-state index is 0.317. The van der Waals surface area contributed by atoms with E-state index in [2.05, 4.69) is 24.3 Å². The number of primary amides is 1. The van der Waals surface area contributed by atoms with Gasteiger partial charge in [-0.25, -0.2) is 19.1 Å². The van der Waals surface area contributed by atoms with Gasteiger partial charge in [-0.3, -0.25) is 18.4 Å². The predicted octanol–water partition coefficient (Wildman–Crippen LogP) is -4.48. The molecule has 0 saturated carbocycles. The van der Waals surface area contributed by atoms with Crippen LogP contribution in [0.15, 0.2) is 11.3 Å². The standard InChI is InChI=1S/C15H25N5O15P2/c16-12(25)7-13(17-3-18-14-10(23)8(21)5(34-14)1-32-36(26,27)28)20(4-19-7)15-11(24)9(22)6(35-15)2-33-37(29,30)31/h3-6,8-11,14-15,21-24H,1-2H2,(H2,16,25)(H,17,18)(H2,26,27,28)(H2,29,30,31)/t5-,6-,8-,9-,10-,11-,14?,15?/m1/s1. The van der Waals surface area contributed by atoms with E-state index in [0.717, 1.165) is 17.2 Å². The molecule has 210 valence electrons. The van der Waals surface area contributed by atoms with Crippen molar-refractivity contribution in [2.75, 3.05) is 13.2 Å². The fourth-order valence-corrected chi connectivity index (χ4v) is 4.16. The number of carbonyl (C=O) groups excluding carboxylic acids is 1. The molecule has 1 aromatic rings. The van der Waals surface area contributed by atoms with E-state index in [4.69, 9.17) is 34.8 Å². The van der Waals surface area contributed by atoms with E-state index < -0.39 is 89.5 Å². The van der Waals surface area contributed by atoms with Crippen molar-refractivity contribution in [3.05, 3.63) is 12.0 Å². The number of phosphoric acid groups is 2. The summed E-state index contributed by atoms with van der Waals surface area (Å²) in [4.78, 5) is 54.7. The molecule has 2 saturated heterocycles. The summed E-state index contributed by atoms with van der Waals surface area (Å²) in [5.74, 6) is -1.37. The molecule has 2 unspecified atom stereocenters. The Morgan fingerprint density at radius 1 is 1.03 bits per heavy atom. The van der Waals surface area contributed by atoms with E-state index in [-0.39, 0.29) is 5.82 Å². The van der Waals surface area contributed by atoms with Gasteiger partial charge in [-0.2, -0.15) is 0 Å². The molecule has 2 fully saturated rings. The number of amides is 1. The minimum Gasteiger partial charge on any atom is -0.387 e. The molecule has 0 spiro atoms. The van der Waals surface area contributed by atoms with Gasteiger partial charge < -0.3 is 60.5 Å². The van der Waals surface area contributed by atoms with Gasteiger partial charge in [-0.15, -0.1) is 0 Å². The third-order valence-corrected chi connectivity index (χ3v) is 6.19. The van der Waals surface area contributed by atoms with Crippen molar-refractivity contribution < 1.29 is 72.4 Å². The summed E-state index contributed by atoms with van der Waals surface area (Å²) in [5.41, 5.74) is 4.87. The average molecular weight is 577 g/mol. The SMILES string of the molecule is NC(=O)c1ncn(C2O[C@H](COP(=O)(O)O)[C@@H](O)[C@H]2O)c1N=CNC1O[C@H](COP(=O)(O)O)[C@@H](O)[C@H]1O. The van der Waals surface area contributed by atoms with Gasteiger partial charge in [-0.1, -0.05) is 0 Å². The van der Waals surface area contributed by atoms with Crippen molar-refractivity contribution in [2.24, 2.45) is 10.7 Å². The quantitative estimate of drug-likeness (QED) is 0.0673. The maximum absolute atomic E-state index is 11.8. The lowest BCUT2D eigenvalue weighted by atomic mass is 10.1. The summed E-state index contributed by atoms with van der Waals surface area (Å²) in [6.07, 6.45) is -10.2. The smallest absolute Gasteiger partial charge is 0.387 e. The fraction of sp³-hybridized carbons (Fsp3) is 0.667. The summed E-state index contributed by atoms with van der Waals surface area (Å²) in [5, 5.41) is 43.1. The van der Waals surface area contributed by atoms with Crippen molar-refractivity contribution >= 4 is 33.7 Å². The van der Waals surface area contributed by atoms with E-state index in [1.165, 1.54) is 0 Å². The van der Waals surface area contributed by atoms with Gasteiger partial charge in [0.15, 0.2) is 24.0 Å². The number of aliphatic imine (C=N–C) groups is 1. The Morgan fingerprint density at radius 2 is 1.57 bits per heavy atom. The second-order valence-electron chi connectivity index (χ2n) is 7.81. The van der Waals surface area contributed by atoms with Gasteiger partial charge in [-0.05, 0) is 0 Å². The summed E-state index contributed by atoms with van der Waals surface area (Å²) in [6.45, 7) is -1.54. The van der Waals surface area contributed by atoms with Crippen LogP contribution >= 0.6 is 15.6 Å². The third kappa shape index (κ3) is 7.37. The van der Waals surface area contributed by atoms with Crippen LogP contribution in [0.5, 0.6) is 0 Å². The number of imidazole rings is 1. The number of hydrogen-bond donors (Lipinski definition) is 10. The topological polar surface area (TPSA) is 318 Å². The van der Waals surface area contributed by atoms with Gasteiger partial charge in [0.1, 0.15) is 36.6 Å². The second-order valence-corrected chi connectivity index (χ2v) is 10.3. The number of ether oxygens (including phenoxy) is 2. The van der Waals surface area contributed by atoms with Crippen LogP contribution in [0.4, 0.5) is 5.82 Å².